The Morgan fingerprint density at radius 3 is 1.95 bits per heavy atom. The molecular formula is C20H19NO. The summed E-state index contributed by atoms with van der Waals surface area (Å²) in [5, 5.41) is 0. The van der Waals surface area contributed by atoms with E-state index in [9.17, 15) is 0 Å². The minimum absolute atomic E-state index is 0.845. The minimum atomic E-state index is 0.845. The van der Waals surface area contributed by atoms with E-state index in [0.717, 1.165) is 17.1 Å². The Kier molecular flexibility index (Phi) is 4.10. The van der Waals surface area contributed by atoms with Gasteiger partial charge in [-0.15, -0.1) is 0 Å². The summed E-state index contributed by atoms with van der Waals surface area (Å²) in [5.74, 6) is 1.71. The monoisotopic (exact) mass is 289 g/mol. The van der Waals surface area contributed by atoms with Crippen LogP contribution in [0.5, 0.6) is 11.5 Å². The lowest BCUT2D eigenvalue weighted by molar-refractivity contribution is 0.484. The summed E-state index contributed by atoms with van der Waals surface area (Å²) in [4.78, 5) is 2.12. The lowest BCUT2D eigenvalue weighted by Crippen LogP contribution is -2.09. The predicted molar refractivity (Wildman–Crippen MR) is 92.7 cm³/mol. The van der Waals surface area contributed by atoms with Gasteiger partial charge in [0.2, 0.25) is 0 Å². The minimum Gasteiger partial charge on any atom is -0.457 e. The highest BCUT2D eigenvalue weighted by Gasteiger charge is 2.11. The summed E-state index contributed by atoms with van der Waals surface area (Å²) in [6.45, 7) is 0. The van der Waals surface area contributed by atoms with Crippen LogP contribution in [0.3, 0.4) is 0 Å². The standard InChI is InChI=1S/C20H19NO/c1-21(2)19-14-8-6-12-17(19)18-13-7-9-15-20(18)22-16-10-4-3-5-11-16/h3-15H,1-2H3. The van der Waals surface area contributed by atoms with E-state index in [4.69, 9.17) is 4.74 Å². The van der Waals surface area contributed by atoms with E-state index in [1.54, 1.807) is 0 Å². The molecule has 0 spiro atoms. The van der Waals surface area contributed by atoms with E-state index in [-0.39, 0.29) is 0 Å². The largest absolute Gasteiger partial charge is 0.457 e. The van der Waals surface area contributed by atoms with Crippen molar-refractivity contribution in [2.75, 3.05) is 19.0 Å². The number of hydrogen-bond donors (Lipinski definition) is 0. The van der Waals surface area contributed by atoms with Gasteiger partial charge in [-0.25, -0.2) is 0 Å². The highest BCUT2D eigenvalue weighted by atomic mass is 16.5. The maximum Gasteiger partial charge on any atom is 0.135 e. The molecule has 0 fully saturated rings. The third kappa shape index (κ3) is 2.96. The van der Waals surface area contributed by atoms with Gasteiger partial charge in [0, 0.05) is 30.9 Å². The molecule has 110 valence electrons. The van der Waals surface area contributed by atoms with E-state index >= 15 is 0 Å². The van der Waals surface area contributed by atoms with Crippen molar-refractivity contribution in [2.24, 2.45) is 0 Å². The van der Waals surface area contributed by atoms with Crippen molar-refractivity contribution >= 4 is 5.69 Å². The highest BCUT2D eigenvalue weighted by Crippen LogP contribution is 2.37. The lowest BCUT2D eigenvalue weighted by atomic mass is 10.0. The third-order valence-corrected chi connectivity index (χ3v) is 3.53. The molecule has 0 saturated heterocycles. The molecule has 0 radical (unpaired) electrons. The highest BCUT2D eigenvalue weighted by molar-refractivity contribution is 5.82. The van der Waals surface area contributed by atoms with Gasteiger partial charge in [-0.1, -0.05) is 54.6 Å². The average molecular weight is 289 g/mol. The zero-order valence-electron chi connectivity index (χ0n) is 12.9. The molecule has 0 aliphatic rings. The van der Waals surface area contributed by atoms with Gasteiger partial charge in [0.1, 0.15) is 11.5 Å². The maximum absolute atomic E-state index is 6.08. The Bertz CT molecular complexity index is 750. The molecule has 3 aromatic carbocycles. The van der Waals surface area contributed by atoms with E-state index < -0.39 is 0 Å². The number of ether oxygens (including phenoxy) is 1. The molecule has 3 aromatic rings. The average Bonchev–Trinajstić information content (AvgIpc) is 2.56. The van der Waals surface area contributed by atoms with Crippen LogP contribution in [0.4, 0.5) is 5.69 Å². The summed E-state index contributed by atoms with van der Waals surface area (Å²) in [6, 6.07) is 26.4. The third-order valence-electron chi connectivity index (χ3n) is 3.53. The number of benzene rings is 3. The van der Waals surface area contributed by atoms with Crippen LogP contribution in [0.15, 0.2) is 78.9 Å². The lowest BCUT2D eigenvalue weighted by Gasteiger charge is -2.19. The molecular weight excluding hydrogens is 270 g/mol. The van der Waals surface area contributed by atoms with Gasteiger partial charge in [0.25, 0.3) is 0 Å². The number of hydrogen-bond acceptors (Lipinski definition) is 2. The Morgan fingerprint density at radius 1 is 0.636 bits per heavy atom. The Labute approximate surface area is 131 Å². The van der Waals surface area contributed by atoms with Crippen LogP contribution in [0.1, 0.15) is 0 Å². The molecule has 0 unspecified atom stereocenters. The molecule has 0 heterocycles. The van der Waals surface area contributed by atoms with Gasteiger partial charge in [-0.3, -0.25) is 0 Å². The number of para-hydroxylation sites is 3. The summed E-state index contributed by atoms with van der Waals surface area (Å²) < 4.78 is 6.08. The Hall–Kier alpha value is -2.74. The van der Waals surface area contributed by atoms with E-state index in [0.29, 0.717) is 0 Å². The molecule has 22 heavy (non-hydrogen) atoms. The second-order valence-corrected chi connectivity index (χ2v) is 5.32. The topological polar surface area (TPSA) is 12.5 Å². The summed E-state index contributed by atoms with van der Waals surface area (Å²) in [6.07, 6.45) is 0. The van der Waals surface area contributed by atoms with E-state index in [1.165, 1.54) is 11.3 Å². The first kappa shape index (κ1) is 14.2. The fraction of sp³-hybridized carbons (Fsp3) is 0.100. The smallest absolute Gasteiger partial charge is 0.135 e. The van der Waals surface area contributed by atoms with Crippen LogP contribution in [-0.4, -0.2) is 14.1 Å². The van der Waals surface area contributed by atoms with Gasteiger partial charge in [-0.2, -0.15) is 0 Å². The van der Waals surface area contributed by atoms with Gasteiger partial charge < -0.3 is 9.64 Å². The Morgan fingerprint density at radius 2 is 1.23 bits per heavy atom. The van der Waals surface area contributed by atoms with Crippen molar-refractivity contribution in [3.05, 3.63) is 78.9 Å². The number of anilines is 1. The van der Waals surface area contributed by atoms with Crippen molar-refractivity contribution in [3.63, 3.8) is 0 Å². The molecule has 0 amide bonds. The molecule has 2 heteroatoms. The van der Waals surface area contributed by atoms with Crippen molar-refractivity contribution < 1.29 is 4.74 Å². The molecule has 0 aliphatic heterocycles. The van der Waals surface area contributed by atoms with E-state index in [1.807, 2.05) is 48.5 Å². The zero-order valence-corrected chi connectivity index (χ0v) is 12.9. The van der Waals surface area contributed by atoms with Crippen LogP contribution in [0, 0.1) is 0 Å². The second-order valence-electron chi connectivity index (χ2n) is 5.32. The summed E-state index contributed by atoms with van der Waals surface area (Å²) >= 11 is 0. The normalized spacial score (nSPS) is 10.3. The van der Waals surface area contributed by atoms with E-state index in [2.05, 4.69) is 49.3 Å². The van der Waals surface area contributed by atoms with Crippen LogP contribution in [0.25, 0.3) is 11.1 Å². The fourth-order valence-corrected chi connectivity index (χ4v) is 2.49. The molecule has 0 aliphatic carbocycles. The molecule has 2 nitrogen and oxygen atoms in total. The molecule has 0 aromatic heterocycles. The molecule has 0 atom stereocenters. The summed E-state index contributed by atoms with van der Waals surface area (Å²) in [5.41, 5.74) is 3.43. The zero-order chi connectivity index (χ0) is 15.4. The van der Waals surface area contributed by atoms with Gasteiger partial charge >= 0.3 is 0 Å². The predicted octanol–water partition coefficient (Wildman–Crippen LogP) is 5.21. The van der Waals surface area contributed by atoms with Crippen molar-refractivity contribution in [2.45, 2.75) is 0 Å². The first-order chi connectivity index (χ1) is 10.8. The number of rotatable bonds is 4. The van der Waals surface area contributed by atoms with Gasteiger partial charge in [0.05, 0.1) is 0 Å². The van der Waals surface area contributed by atoms with Crippen LogP contribution in [-0.2, 0) is 0 Å². The Balaban J connectivity index is 2.06. The van der Waals surface area contributed by atoms with Gasteiger partial charge in [-0.05, 0) is 24.3 Å². The molecule has 0 saturated carbocycles. The number of nitrogens with zero attached hydrogens (tertiary/aromatic N) is 1. The molecule has 3 rings (SSSR count). The maximum atomic E-state index is 6.08. The fourth-order valence-electron chi connectivity index (χ4n) is 2.49. The summed E-state index contributed by atoms with van der Waals surface area (Å²) in [7, 11) is 4.11. The first-order valence-corrected chi connectivity index (χ1v) is 7.34. The first-order valence-electron chi connectivity index (χ1n) is 7.34. The molecule has 0 bridgehead atoms. The van der Waals surface area contributed by atoms with Crippen molar-refractivity contribution in [1.82, 2.24) is 0 Å². The van der Waals surface area contributed by atoms with Crippen molar-refractivity contribution in [3.8, 4) is 22.6 Å². The quantitative estimate of drug-likeness (QED) is 0.653. The van der Waals surface area contributed by atoms with Crippen LogP contribution in [0.2, 0.25) is 0 Å². The second kappa shape index (κ2) is 6.35. The van der Waals surface area contributed by atoms with Crippen LogP contribution < -0.4 is 9.64 Å². The SMILES string of the molecule is CN(C)c1ccccc1-c1ccccc1Oc1ccccc1. The van der Waals surface area contributed by atoms with Gasteiger partial charge in [0.15, 0.2) is 0 Å². The van der Waals surface area contributed by atoms with Crippen LogP contribution >= 0.6 is 0 Å². The molecule has 0 N–H and O–H groups in total. The van der Waals surface area contributed by atoms with Crippen molar-refractivity contribution in [1.29, 1.82) is 0 Å².